The number of sulfonamides is 1. The monoisotopic (exact) mass is 284 g/mol. The first-order valence-corrected chi connectivity index (χ1v) is 7.88. The molecule has 0 aromatic heterocycles. The summed E-state index contributed by atoms with van der Waals surface area (Å²) >= 11 is 0. The Labute approximate surface area is 114 Å². The van der Waals surface area contributed by atoms with Gasteiger partial charge in [0.1, 0.15) is 0 Å². The molecule has 106 valence electrons. The molecule has 19 heavy (non-hydrogen) atoms. The molecule has 0 spiro atoms. The Hall–Kier alpha value is -1.11. The molecular weight excluding hydrogens is 264 g/mol. The van der Waals surface area contributed by atoms with E-state index in [4.69, 9.17) is 5.73 Å². The van der Waals surface area contributed by atoms with Crippen molar-refractivity contribution in [1.82, 2.24) is 4.31 Å². The van der Waals surface area contributed by atoms with Crippen molar-refractivity contribution in [3.05, 3.63) is 29.8 Å². The van der Waals surface area contributed by atoms with Gasteiger partial charge in [0.05, 0.1) is 11.4 Å². The number of nitrogens with two attached hydrogens (primary N) is 1. The zero-order valence-corrected chi connectivity index (χ0v) is 12.0. The lowest BCUT2D eigenvalue weighted by molar-refractivity contribution is -0.0933. The van der Waals surface area contributed by atoms with E-state index in [1.54, 1.807) is 24.3 Å². The van der Waals surface area contributed by atoms with Crippen LogP contribution in [0.4, 0.5) is 5.69 Å². The molecule has 1 aromatic carbocycles. The van der Waals surface area contributed by atoms with Crippen LogP contribution in [0.2, 0.25) is 0 Å². The van der Waals surface area contributed by atoms with E-state index in [1.165, 1.54) is 4.31 Å². The molecule has 0 atom stereocenters. The van der Waals surface area contributed by atoms with Gasteiger partial charge in [0.25, 0.3) is 0 Å². The van der Waals surface area contributed by atoms with E-state index in [-0.39, 0.29) is 24.8 Å². The van der Waals surface area contributed by atoms with Gasteiger partial charge in [0.2, 0.25) is 10.0 Å². The third-order valence-corrected chi connectivity index (χ3v) is 5.44. The molecule has 6 heteroatoms. The van der Waals surface area contributed by atoms with E-state index < -0.39 is 15.6 Å². The molecule has 1 aromatic rings. The summed E-state index contributed by atoms with van der Waals surface area (Å²) in [5.74, 6) is -0.00275. The van der Waals surface area contributed by atoms with Crippen LogP contribution >= 0.6 is 0 Å². The third kappa shape index (κ3) is 2.91. The summed E-state index contributed by atoms with van der Waals surface area (Å²) < 4.78 is 25.7. The van der Waals surface area contributed by atoms with Crippen LogP contribution in [0.3, 0.4) is 0 Å². The quantitative estimate of drug-likeness (QED) is 0.801. The fourth-order valence-electron chi connectivity index (χ4n) is 2.04. The highest BCUT2D eigenvalue weighted by molar-refractivity contribution is 7.88. The lowest BCUT2D eigenvalue weighted by atomic mass is 9.85. The second-order valence-electron chi connectivity index (χ2n) is 5.52. The third-order valence-electron chi connectivity index (χ3n) is 3.70. The summed E-state index contributed by atoms with van der Waals surface area (Å²) in [5.41, 5.74) is 6.00. The molecule has 2 rings (SSSR count). The van der Waals surface area contributed by atoms with Crippen LogP contribution in [0.15, 0.2) is 24.3 Å². The maximum Gasteiger partial charge on any atom is 0.218 e. The molecule has 1 fully saturated rings. The van der Waals surface area contributed by atoms with Crippen LogP contribution in [-0.4, -0.2) is 36.5 Å². The van der Waals surface area contributed by atoms with Crippen LogP contribution in [0.1, 0.15) is 19.4 Å². The first-order valence-electron chi connectivity index (χ1n) is 6.27. The van der Waals surface area contributed by atoms with Crippen molar-refractivity contribution in [2.75, 3.05) is 18.8 Å². The molecule has 1 aliphatic rings. The second kappa shape index (κ2) is 4.77. The predicted molar refractivity (Wildman–Crippen MR) is 74.8 cm³/mol. The van der Waals surface area contributed by atoms with Crippen molar-refractivity contribution in [3.63, 3.8) is 0 Å². The highest BCUT2D eigenvalue weighted by atomic mass is 32.2. The lowest BCUT2D eigenvalue weighted by Gasteiger charge is -2.47. The summed E-state index contributed by atoms with van der Waals surface area (Å²) in [5, 5.41) is 10.1. The number of anilines is 1. The van der Waals surface area contributed by atoms with Gasteiger partial charge < -0.3 is 10.8 Å². The topological polar surface area (TPSA) is 83.6 Å². The van der Waals surface area contributed by atoms with E-state index in [2.05, 4.69) is 0 Å². The zero-order chi connectivity index (χ0) is 14.3. The molecule has 5 nitrogen and oxygen atoms in total. The average Bonchev–Trinajstić information content (AvgIpc) is 2.27. The highest BCUT2D eigenvalue weighted by Gasteiger charge is 2.48. The van der Waals surface area contributed by atoms with Crippen molar-refractivity contribution in [1.29, 1.82) is 0 Å². The molecule has 1 heterocycles. The highest BCUT2D eigenvalue weighted by Crippen LogP contribution is 2.31. The SMILES string of the molecule is CC(C)C1(O)CN(S(=O)(=O)Cc2ccc(N)cc2)C1. The summed E-state index contributed by atoms with van der Waals surface area (Å²) in [6, 6.07) is 6.79. The van der Waals surface area contributed by atoms with Gasteiger partial charge in [-0.2, -0.15) is 4.31 Å². The largest absolute Gasteiger partial charge is 0.399 e. The Kier molecular flexibility index (Phi) is 3.59. The standard InChI is InChI=1S/C13H20N2O3S/c1-10(2)13(16)8-15(9-13)19(17,18)7-11-3-5-12(14)6-4-11/h3-6,10,16H,7-9,14H2,1-2H3. The van der Waals surface area contributed by atoms with Crippen LogP contribution < -0.4 is 5.73 Å². The first kappa shape index (κ1) is 14.3. The number of β-amino-alcohol motifs (C(OH)–C–C–N with tert-alkyl or cyclic N) is 1. The van der Waals surface area contributed by atoms with Crippen molar-refractivity contribution in [2.45, 2.75) is 25.2 Å². The van der Waals surface area contributed by atoms with Crippen LogP contribution in [0.25, 0.3) is 0 Å². The Balaban J connectivity index is 2.03. The number of aliphatic hydroxyl groups is 1. The average molecular weight is 284 g/mol. The molecule has 0 amide bonds. The number of benzene rings is 1. The normalized spacial score (nSPS) is 19.4. The van der Waals surface area contributed by atoms with Gasteiger partial charge in [-0.3, -0.25) is 0 Å². The Bertz CT molecular complexity index is 546. The van der Waals surface area contributed by atoms with Gasteiger partial charge in [0.15, 0.2) is 0 Å². The maximum atomic E-state index is 12.2. The van der Waals surface area contributed by atoms with Gasteiger partial charge in [0, 0.05) is 18.8 Å². The maximum absolute atomic E-state index is 12.2. The molecule has 0 radical (unpaired) electrons. The second-order valence-corrected chi connectivity index (χ2v) is 7.49. The first-order chi connectivity index (χ1) is 8.73. The smallest absolute Gasteiger partial charge is 0.218 e. The fourth-order valence-corrected chi connectivity index (χ4v) is 3.68. The number of nitrogens with zero attached hydrogens (tertiary/aromatic N) is 1. The van der Waals surface area contributed by atoms with Gasteiger partial charge in [-0.15, -0.1) is 0 Å². The van der Waals surface area contributed by atoms with Gasteiger partial charge in [-0.05, 0) is 23.6 Å². The molecule has 0 aliphatic carbocycles. The Morgan fingerprint density at radius 1 is 1.32 bits per heavy atom. The summed E-state index contributed by atoms with van der Waals surface area (Å²) in [6.07, 6.45) is 0. The fraction of sp³-hybridized carbons (Fsp3) is 0.538. The summed E-state index contributed by atoms with van der Waals surface area (Å²) in [6.45, 7) is 4.15. The van der Waals surface area contributed by atoms with Crippen molar-refractivity contribution < 1.29 is 13.5 Å². The lowest BCUT2D eigenvalue weighted by Crippen LogP contribution is -2.65. The van der Waals surface area contributed by atoms with E-state index in [0.717, 1.165) is 0 Å². The molecule has 3 N–H and O–H groups in total. The minimum atomic E-state index is -3.36. The predicted octanol–water partition coefficient (Wildman–Crippen LogP) is 0.801. The molecule has 0 saturated carbocycles. The van der Waals surface area contributed by atoms with E-state index in [1.807, 2.05) is 13.8 Å². The van der Waals surface area contributed by atoms with Crippen molar-refractivity contribution in [3.8, 4) is 0 Å². The van der Waals surface area contributed by atoms with Crippen LogP contribution in [0.5, 0.6) is 0 Å². The van der Waals surface area contributed by atoms with Crippen LogP contribution in [0, 0.1) is 5.92 Å². The number of rotatable bonds is 4. The van der Waals surface area contributed by atoms with Crippen molar-refractivity contribution in [2.24, 2.45) is 5.92 Å². The number of hydrogen-bond acceptors (Lipinski definition) is 4. The molecule has 1 aliphatic heterocycles. The van der Waals surface area contributed by atoms with E-state index >= 15 is 0 Å². The summed E-state index contributed by atoms with van der Waals surface area (Å²) in [4.78, 5) is 0. The van der Waals surface area contributed by atoms with Gasteiger partial charge >= 0.3 is 0 Å². The molecular formula is C13H20N2O3S. The number of hydrogen-bond donors (Lipinski definition) is 2. The van der Waals surface area contributed by atoms with Gasteiger partial charge in [-0.1, -0.05) is 26.0 Å². The van der Waals surface area contributed by atoms with Gasteiger partial charge in [-0.25, -0.2) is 8.42 Å². The minimum Gasteiger partial charge on any atom is -0.399 e. The Morgan fingerprint density at radius 2 is 1.84 bits per heavy atom. The summed E-state index contributed by atoms with van der Waals surface area (Å²) in [7, 11) is -3.36. The minimum absolute atomic E-state index is 0.0514. The van der Waals surface area contributed by atoms with E-state index in [0.29, 0.717) is 11.3 Å². The Morgan fingerprint density at radius 3 is 2.32 bits per heavy atom. The molecule has 0 bridgehead atoms. The molecule has 0 unspecified atom stereocenters. The molecule has 1 saturated heterocycles. The zero-order valence-electron chi connectivity index (χ0n) is 11.2. The number of nitrogen functional groups attached to an aromatic ring is 1. The van der Waals surface area contributed by atoms with Crippen LogP contribution in [-0.2, 0) is 15.8 Å². The van der Waals surface area contributed by atoms with Crippen molar-refractivity contribution >= 4 is 15.7 Å². The van der Waals surface area contributed by atoms with E-state index in [9.17, 15) is 13.5 Å².